The molecule has 1 aromatic carbocycles. The predicted octanol–water partition coefficient (Wildman–Crippen LogP) is 4.19. The molecule has 11 heteroatoms. The van der Waals surface area contributed by atoms with Crippen molar-refractivity contribution in [1.82, 2.24) is 19.7 Å². The minimum atomic E-state index is -3.54. The predicted molar refractivity (Wildman–Crippen MR) is 95.6 cm³/mol. The fourth-order valence-corrected chi connectivity index (χ4v) is 3.45. The minimum Gasteiger partial charge on any atom is -0.340 e. The monoisotopic (exact) mass is 455 g/mol. The number of benzene rings is 1. The molecule has 0 bridgehead atoms. The van der Waals surface area contributed by atoms with Gasteiger partial charge in [-0.3, -0.25) is 0 Å². The molecule has 0 radical (unpaired) electrons. The topological polar surface area (TPSA) is 46.0 Å². The number of rotatable bonds is 2. The van der Waals surface area contributed by atoms with Crippen LogP contribution in [-0.4, -0.2) is 31.3 Å². The molecule has 3 rings (SSSR count). The van der Waals surface area contributed by atoms with Crippen molar-refractivity contribution in [1.29, 1.82) is 0 Å². The van der Waals surface area contributed by atoms with Gasteiger partial charge in [0.1, 0.15) is 0 Å². The van der Waals surface area contributed by atoms with Crippen molar-refractivity contribution in [2.75, 3.05) is 11.9 Å². The Bertz CT molecular complexity index is 795. The molecule has 0 amide bonds. The Kier molecular flexibility index (Phi) is 4.96. The average molecular weight is 457 g/mol. The van der Waals surface area contributed by atoms with Gasteiger partial charge < -0.3 is 14.8 Å². The number of halogens is 5. The maximum Gasteiger partial charge on any atom is 0.381 e. The molecule has 2 aromatic rings. The highest BCUT2D eigenvalue weighted by Gasteiger charge is 2.37. The lowest BCUT2D eigenvalue weighted by molar-refractivity contribution is 0.0778. The van der Waals surface area contributed by atoms with Crippen molar-refractivity contribution < 1.29 is 8.78 Å². The second-order valence-electron chi connectivity index (χ2n) is 5.07. The van der Waals surface area contributed by atoms with E-state index in [1.165, 1.54) is 4.57 Å². The van der Waals surface area contributed by atoms with Crippen LogP contribution in [0.4, 0.5) is 14.5 Å². The first-order valence-electron chi connectivity index (χ1n) is 6.76. The van der Waals surface area contributed by atoms with Crippen LogP contribution in [0.5, 0.6) is 0 Å². The summed E-state index contributed by atoms with van der Waals surface area (Å²) < 4.78 is 28.7. The molecule has 5 nitrogen and oxygen atoms in total. The van der Waals surface area contributed by atoms with Gasteiger partial charge in [0.05, 0.1) is 17.3 Å². The summed E-state index contributed by atoms with van der Waals surface area (Å²) in [5.41, 5.74) is 0.657. The van der Waals surface area contributed by atoms with Crippen molar-refractivity contribution in [2.45, 2.75) is 18.5 Å². The van der Waals surface area contributed by atoms with Gasteiger partial charge in [0.15, 0.2) is 10.9 Å². The van der Waals surface area contributed by atoms with Crippen LogP contribution >= 0.6 is 51.3 Å². The minimum absolute atomic E-state index is 0.250. The maximum atomic E-state index is 13.3. The molecule has 0 saturated carbocycles. The van der Waals surface area contributed by atoms with Crippen LogP contribution in [-0.2, 0) is 18.5 Å². The van der Waals surface area contributed by atoms with E-state index >= 15 is 0 Å². The van der Waals surface area contributed by atoms with Crippen LogP contribution in [0.2, 0.25) is 5.02 Å². The third-order valence-corrected chi connectivity index (χ3v) is 4.80. The molecule has 1 aromatic heterocycles. The fraction of sp³-hybridized carbons (Fsp3) is 0.308. The van der Waals surface area contributed by atoms with Crippen LogP contribution < -0.4 is 5.32 Å². The van der Waals surface area contributed by atoms with Crippen LogP contribution in [0.25, 0.3) is 0 Å². The van der Waals surface area contributed by atoms with Crippen molar-refractivity contribution >= 4 is 62.1 Å². The lowest BCUT2D eigenvalue weighted by atomic mass is 10.3. The zero-order valence-corrected chi connectivity index (χ0v) is 15.9. The number of nitrogens with zero attached hydrogens (tertiary/aromatic N) is 4. The molecular formula is C13H10BrCl2F2N5S. The first-order chi connectivity index (χ1) is 11.3. The number of aromatic nitrogens is 3. The molecule has 0 fully saturated rings. The zero-order chi connectivity index (χ0) is 17.5. The Hall–Kier alpha value is -1.03. The third-order valence-electron chi connectivity index (χ3n) is 3.47. The lowest BCUT2D eigenvalue weighted by Crippen LogP contribution is -2.41. The zero-order valence-electron chi connectivity index (χ0n) is 11.9. The molecule has 2 heterocycles. The quantitative estimate of drug-likeness (QED) is 0.542. The Morgan fingerprint density at radius 2 is 2.08 bits per heavy atom. The molecule has 1 N–H and O–H groups in total. The first-order valence-corrected chi connectivity index (χ1v) is 8.71. The number of alkyl halides is 3. The summed E-state index contributed by atoms with van der Waals surface area (Å²) >= 11 is 19.9. The smallest absolute Gasteiger partial charge is 0.340 e. The van der Waals surface area contributed by atoms with Crippen molar-refractivity contribution in [3.05, 3.63) is 39.3 Å². The standard InChI is InChI=1S/C13H10BrCl2F2N5S/c14-7-1-2-9(8(15)5-7)19-12(24)22-3-4-23-10(6-22)20-21-11(23)13(16,17)18/h1-2,5H,3-4,6H2,(H,19,24). The summed E-state index contributed by atoms with van der Waals surface area (Å²) in [6.07, 6.45) is 0. The average Bonchev–Trinajstić information content (AvgIpc) is 2.93. The van der Waals surface area contributed by atoms with Crippen molar-refractivity contribution in [3.63, 3.8) is 0 Å². The van der Waals surface area contributed by atoms with E-state index in [1.54, 1.807) is 17.0 Å². The SMILES string of the molecule is FC(F)(Cl)c1nnc2n1CCN(C(=S)Nc1ccc(Br)cc1Cl)C2. The molecule has 0 saturated heterocycles. The van der Waals surface area contributed by atoms with Gasteiger partial charge in [-0.05, 0) is 42.0 Å². The van der Waals surface area contributed by atoms with E-state index in [0.717, 1.165) is 4.47 Å². The highest BCUT2D eigenvalue weighted by molar-refractivity contribution is 9.10. The summed E-state index contributed by atoms with van der Waals surface area (Å²) in [4.78, 5) is 1.80. The number of thiocarbonyl (C=S) groups is 1. The van der Waals surface area contributed by atoms with Gasteiger partial charge in [-0.25, -0.2) is 0 Å². The van der Waals surface area contributed by atoms with Gasteiger partial charge in [-0.1, -0.05) is 27.5 Å². The number of anilines is 1. The number of hydrogen-bond donors (Lipinski definition) is 1. The second-order valence-corrected chi connectivity index (χ2v) is 7.25. The molecule has 24 heavy (non-hydrogen) atoms. The van der Waals surface area contributed by atoms with Gasteiger partial charge in [-0.15, -0.1) is 10.2 Å². The summed E-state index contributed by atoms with van der Waals surface area (Å²) in [5, 5.41) is 7.70. The van der Waals surface area contributed by atoms with Crippen LogP contribution in [0.15, 0.2) is 22.7 Å². The van der Waals surface area contributed by atoms with Gasteiger partial charge in [0, 0.05) is 17.6 Å². The van der Waals surface area contributed by atoms with Gasteiger partial charge in [-0.2, -0.15) is 8.78 Å². The number of fused-ring (bicyclic) bond motifs is 1. The Morgan fingerprint density at radius 1 is 1.33 bits per heavy atom. The molecule has 0 aliphatic carbocycles. The number of nitrogens with one attached hydrogen (secondary N) is 1. The van der Waals surface area contributed by atoms with E-state index in [0.29, 0.717) is 28.2 Å². The largest absolute Gasteiger partial charge is 0.381 e. The Balaban J connectivity index is 1.73. The fourth-order valence-electron chi connectivity index (χ4n) is 2.33. The molecule has 0 unspecified atom stereocenters. The Labute approximate surface area is 160 Å². The highest BCUT2D eigenvalue weighted by atomic mass is 79.9. The number of hydrogen-bond acceptors (Lipinski definition) is 3. The summed E-state index contributed by atoms with van der Waals surface area (Å²) in [5.74, 6) is -0.170. The van der Waals surface area contributed by atoms with E-state index in [4.69, 9.17) is 35.4 Å². The summed E-state index contributed by atoms with van der Waals surface area (Å²) in [6.45, 7) is 0.931. The molecule has 1 aliphatic heterocycles. The van der Waals surface area contributed by atoms with Gasteiger partial charge >= 0.3 is 5.38 Å². The van der Waals surface area contributed by atoms with Crippen LogP contribution in [0.3, 0.4) is 0 Å². The van der Waals surface area contributed by atoms with Gasteiger partial charge in [0.25, 0.3) is 0 Å². The maximum absolute atomic E-state index is 13.3. The lowest BCUT2D eigenvalue weighted by Gasteiger charge is -2.30. The highest BCUT2D eigenvalue weighted by Crippen LogP contribution is 2.32. The van der Waals surface area contributed by atoms with Crippen LogP contribution in [0, 0.1) is 0 Å². The van der Waals surface area contributed by atoms with E-state index in [9.17, 15) is 8.78 Å². The molecule has 1 aliphatic rings. The molecular weight excluding hydrogens is 447 g/mol. The second kappa shape index (κ2) is 6.70. The van der Waals surface area contributed by atoms with E-state index < -0.39 is 11.2 Å². The molecule has 128 valence electrons. The third kappa shape index (κ3) is 3.63. The van der Waals surface area contributed by atoms with E-state index in [-0.39, 0.29) is 13.1 Å². The van der Waals surface area contributed by atoms with E-state index in [1.807, 2.05) is 6.07 Å². The van der Waals surface area contributed by atoms with Gasteiger partial charge in [0.2, 0.25) is 5.82 Å². The molecule has 0 spiro atoms. The first kappa shape index (κ1) is 17.8. The van der Waals surface area contributed by atoms with Crippen molar-refractivity contribution in [3.8, 4) is 0 Å². The molecule has 0 atom stereocenters. The van der Waals surface area contributed by atoms with Crippen molar-refractivity contribution in [2.24, 2.45) is 0 Å². The summed E-state index contributed by atoms with van der Waals surface area (Å²) in [7, 11) is 0. The normalized spacial score (nSPS) is 14.5. The summed E-state index contributed by atoms with van der Waals surface area (Å²) in [6, 6.07) is 5.37. The Morgan fingerprint density at radius 3 is 2.75 bits per heavy atom. The van der Waals surface area contributed by atoms with Crippen LogP contribution in [0.1, 0.15) is 11.6 Å². The van der Waals surface area contributed by atoms with E-state index in [2.05, 4.69) is 31.4 Å².